The first-order valence-corrected chi connectivity index (χ1v) is 5.36. The zero-order chi connectivity index (χ0) is 11.4. The quantitative estimate of drug-likeness (QED) is 0.537. The van der Waals surface area contributed by atoms with Crippen LogP contribution < -0.4 is 56.5 Å². The van der Waals surface area contributed by atoms with E-state index in [4.69, 9.17) is 4.74 Å². The van der Waals surface area contributed by atoms with Gasteiger partial charge in [0, 0.05) is 13.1 Å². The second-order valence-electron chi connectivity index (χ2n) is 3.78. The van der Waals surface area contributed by atoms with Gasteiger partial charge >= 0.3 is 51.4 Å². The van der Waals surface area contributed by atoms with Crippen LogP contribution in [0, 0.1) is 0 Å². The second kappa shape index (κ2) is 7.63. The molecule has 0 radical (unpaired) electrons. The number of carbonyl (C=O) groups excluding carboxylic acids is 1. The molecule has 1 aromatic rings. The molecule has 5 heteroatoms. The van der Waals surface area contributed by atoms with Crippen molar-refractivity contribution in [3.63, 3.8) is 0 Å². The number of carboxylic acids is 1. The predicted molar refractivity (Wildman–Crippen MR) is 56.6 cm³/mol. The summed E-state index contributed by atoms with van der Waals surface area (Å²) in [5.41, 5.74) is 0.768. The number of carboxylic acid groups (broad SMARTS) is 1. The van der Waals surface area contributed by atoms with Gasteiger partial charge in [-0.25, -0.2) is 0 Å². The normalized spacial score (nSPS) is 18.1. The Morgan fingerprint density at radius 2 is 1.82 bits per heavy atom. The van der Waals surface area contributed by atoms with Crippen molar-refractivity contribution in [3.8, 4) is 0 Å². The first-order valence-electron chi connectivity index (χ1n) is 5.36. The molecular weight excluding hydrogens is 245 g/mol. The monoisotopic (exact) mass is 259 g/mol. The van der Waals surface area contributed by atoms with Crippen LogP contribution in [0.4, 0.5) is 0 Å². The van der Waals surface area contributed by atoms with Crippen molar-refractivity contribution in [1.29, 1.82) is 0 Å². The van der Waals surface area contributed by atoms with E-state index in [0.717, 1.165) is 5.56 Å². The van der Waals surface area contributed by atoms with E-state index in [2.05, 4.69) is 0 Å². The van der Waals surface area contributed by atoms with E-state index in [1.165, 1.54) is 0 Å². The Bertz CT molecular complexity index is 352. The molecule has 17 heavy (non-hydrogen) atoms. The van der Waals surface area contributed by atoms with Crippen molar-refractivity contribution in [3.05, 3.63) is 35.9 Å². The van der Waals surface area contributed by atoms with E-state index in [1.54, 1.807) is 0 Å². The maximum Gasteiger partial charge on any atom is 1.00 e. The van der Waals surface area contributed by atoms with Crippen LogP contribution in [0.3, 0.4) is 0 Å². The molecule has 0 aliphatic carbocycles. The molecule has 1 aromatic carbocycles. The van der Waals surface area contributed by atoms with Gasteiger partial charge in [-0.1, -0.05) is 30.3 Å². The Hall–Kier alpha value is 0.246. The molecule has 0 bridgehead atoms. The average Bonchev–Trinajstić information content (AvgIpc) is 2.31. The van der Waals surface area contributed by atoms with Crippen molar-refractivity contribution >= 4 is 5.97 Å². The third kappa shape index (κ3) is 4.13. The second-order valence-corrected chi connectivity index (χ2v) is 3.78. The van der Waals surface area contributed by atoms with Crippen LogP contribution in [0.2, 0.25) is 0 Å². The zero-order valence-electron chi connectivity index (χ0n) is 9.96. The Morgan fingerprint density at radius 3 is 2.35 bits per heavy atom. The molecule has 1 fully saturated rings. The van der Waals surface area contributed by atoms with Gasteiger partial charge in [-0.05, 0) is 5.56 Å². The minimum absolute atomic E-state index is 0. The Morgan fingerprint density at radius 1 is 1.24 bits per heavy atom. The Kier molecular flexibility index (Phi) is 6.87. The van der Waals surface area contributed by atoms with E-state index >= 15 is 0 Å². The molecule has 0 aromatic heterocycles. The number of rotatable bonds is 3. The van der Waals surface area contributed by atoms with Gasteiger partial charge in [-0.3, -0.25) is 4.90 Å². The number of hydrogen-bond donors (Lipinski definition) is 0. The van der Waals surface area contributed by atoms with Crippen LogP contribution in [0.5, 0.6) is 0 Å². The summed E-state index contributed by atoms with van der Waals surface area (Å²) in [7, 11) is 0. The van der Waals surface area contributed by atoms with Crippen LogP contribution in [0.15, 0.2) is 30.3 Å². The molecule has 1 unspecified atom stereocenters. The SMILES string of the molecule is O=C([O-])C(c1ccccc1)N1CCOCC1.[K+]. The fourth-order valence-corrected chi connectivity index (χ4v) is 1.97. The molecule has 86 valence electrons. The molecule has 1 atom stereocenters. The fourth-order valence-electron chi connectivity index (χ4n) is 1.97. The van der Waals surface area contributed by atoms with Gasteiger partial charge in [0.25, 0.3) is 0 Å². The number of aliphatic carboxylic acids is 1. The molecule has 1 aliphatic rings. The first kappa shape index (κ1) is 15.3. The third-order valence-corrected chi connectivity index (χ3v) is 2.75. The summed E-state index contributed by atoms with van der Waals surface area (Å²) < 4.78 is 5.21. The molecule has 0 spiro atoms. The van der Waals surface area contributed by atoms with Gasteiger partial charge < -0.3 is 14.6 Å². The smallest absolute Gasteiger partial charge is 0.548 e. The minimum Gasteiger partial charge on any atom is -0.548 e. The van der Waals surface area contributed by atoms with E-state index < -0.39 is 12.0 Å². The van der Waals surface area contributed by atoms with Gasteiger partial charge in [0.1, 0.15) is 0 Å². The molecule has 2 rings (SSSR count). The summed E-state index contributed by atoms with van der Waals surface area (Å²) in [6, 6.07) is 8.52. The molecule has 0 amide bonds. The summed E-state index contributed by atoms with van der Waals surface area (Å²) in [6.45, 7) is 2.42. The summed E-state index contributed by atoms with van der Waals surface area (Å²) in [4.78, 5) is 13.1. The summed E-state index contributed by atoms with van der Waals surface area (Å²) in [6.07, 6.45) is 0. The Labute approximate surface area is 143 Å². The fraction of sp³-hybridized carbons (Fsp3) is 0.417. The van der Waals surface area contributed by atoms with E-state index in [9.17, 15) is 9.90 Å². The van der Waals surface area contributed by atoms with Crippen LogP contribution >= 0.6 is 0 Å². The third-order valence-electron chi connectivity index (χ3n) is 2.75. The summed E-state index contributed by atoms with van der Waals surface area (Å²) in [5, 5.41) is 11.2. The van der Waals surface area contributed by atoms with Crippen molar-refractivity contribution in [2.45, 2.75) is 6.04 Å². The van der Waals surface area contributed by atoms with Crippen molar-refractivity contribution in [2.75, 3.05) is 26.3 Å². The van der Waals surface area contributed by atoms with E-state index in [-0.39, 0.29) is 51.4 Å². The molecule has 1 saturated heterocycles. The zero-order valence-corrected chi connectivity index (χ0v) is 13.1. The van der Waals surface area contributed by atoms with Crippen molar-refractivity contribution < 1.29 is 66.0 Å². The molecule has 0 saturated carbocycles. The summed E-state index contributed by atoms with van der Waals surface area (Å²) >= 11 is 0. The van der Waals surface area contributed by atoms with Gasteiger partial charge in [-0.15, -0.1) is 0 Å². The average molecular weight is 259 g/mol. The van der Waals surface area contributed by atoms with Crippen molar-refractivity contribution in [2.24, 2.45) is 0 Å². The molecular formula is C12H14KNO3. The number of ether oxygens (including phenoxy) is 1. The minimum atomic E-state index is -1.05. The van der Waals surface area contributed by atoms with Gasteiger partial charge in [-0.2, -0.15) is 0 Å². The number of benzene rings is 1. The van der Waals surface area contributed by atoms with Gasteiger partial charge in [0.15, 0.2) is 0 Å². The van der Waals surface area contributed by atoms with Gasteiger partial charge in [0.05, 0.1) is 25.2 Å². The first-order chi connectivity index (χ1) is 7.79. The predicted octanol–water partition coefficient (Wildman–Crippen LogP) is -3.19. The number of carbonyl (C=O) groups is 1. The van der Waals surface area contributed by atoms with Crippen LogP contribution in [0.1, 0.15) is 11.6 Å². The van der Waals surface area contributed by atoms with Crippen molar-refractivity contribution in [1.82, 2.24) is 4.90 Å². The topological polar surface area (TPSA) is 52.6 Å². The Balaban J connectivity index is 0.00000144. The van der Waals surface area contributed by atoms with E-state index in [0.29, 0.717) is 26.3 Å². The molecule has 4 nitrogen and oxygen atoms in total. The molecule has 1 heterocycles. The molecule has 0 N–H and O–H groups in total. The largest absolute Gasteiger partial charge is 1.00 e. The van der Waals surface area contributed by atoms with Gasteiger partial charge in [0.2, 0.25) is 0 Å². The summed E-state index contributed by atoms with van der Waals surface area (Å²) in [5.74, 6) is -1.05. The van der Waals surface area contributed by atoms with Crippen LogP contribution in [-0.2, 0) is 9.53 Å². The standard InChI is InChI=1S/C12H15NO3.K/c14-12(15)11(10-4-2-1-3-5-10)13-6-8-16-9-7-13;/h1-5,11H,6-9H2,(H,14,15);/q;+1/p-1. The number of nitrogens with zero attached hydrogens (tertiary/aromatic N) is 1. The van der Waals surface area contributed by atoms with E-state index in [1.807, 2.05) is 35.2 Å². The number of morpholine rings is 1. The molecule has 1 aliphatic heterocycles. The number of hydrogen-bond acceptors (Lipinski definition) is 4. The maximum absolute atomic E-state index is 11.2. The van der Waals surface area contributed by atoms with Crippen LogP contribution in [-0.4, -0.2) is 37.2 Å². The maximum atomic E-state index is 11.2. The van der Waals surface area contributed by atoms with Crippen LogP contribution in [0.25, 0.3) is 0 Å².